The molecule has 3 rings (SSSR count). The summed E-state index contributed by atoms with van der Waals surface area (Å²) in [5, 5.41) is 27.6. The maximum absolute atomic E-state index is 13.4. The minimum atomic E-state index is -1.35. The molecule has 0 aliphatic heterocycles. The van der Waals surface area contributed by atoms with Crippen LogP contribution in [0.3, 0.4) is 0 Å². The largest absolute Gasteiger partial charge is 0.390 e. The molecule has 232 valence electrons. The van der Waals surface area contributed by atoms with Gasteiger partial charge in [-0.2, -0.15) is 0 Å². The zero-order valence-electron chi connectivity index (χ0n) is 25.4. The molecule has 7 nitrogen and oxygen atoms in total. The minimum absolute atomic E-state index is 0.120. The van der Waals surface area contributed by atoms with Crippen molar-refractivity contribution in [2.24, 2.45) is 23.7 Å². The van der Waals surface area contributed by atoms with Crippen LogP contribution in [0.15, 0.2) is 65.6 Å². The van der Waals surface area contributed by atoms with Crippen molar-refractivity contribution in [1.82, 2.24) is 10.6 Å². The highest BCUT2D eigenvalue weighted by Crippen LogP contribution is 2.29. The summed E-state index contributed by atoms with van der Waals surface area (Å²) in [6.07, 6.45) is 5.21. The Balaban J connectivity index is 1.63. The lowest BCUT2D eigenvalue weighted by atomic mass is 9.82. The summed E-state index contributed by atoms with van der Waals surface area (Å²) in [7, 11) is -1.35. The van der Waals surface area contributed by atoms with Gasteiger partial charge < -0.3 is 20.8 Å². The zero-order chi connectivity index (χ0) is 30.5. The molecule has 1 unspecified atom stereocenters. The molecule has 1 aliphatic rings. The monoisotopic (exact) mass is 598 g/mol. The molecule has 0 heterocycles. The fourth-order valence-electron chi connectivity index (χ4n) is 5.75. The number of amides is 2. The van der Waals surface area contributed by atoms with E-state index in [4.69, 9.17) is 0 Å². The van der Waals surface area contributed by atoms with E-state index in [0.29, 0.717) is 30.1 Å². The second-order valence-electron chi connectivity index (χ2n) is 12.4. The van der Waals surface area contributed by atoms with Crippen LogP contribution in [-0.4, -0.2) is 56.8 Å². The molecule has 8 heteroatoms. The lowest BCUT2D eigenvalue weighted by molar-refractivity contribution is -0.128. The summed E-state index contributed by atoms with van der Waals surface area (Å²) < 4.78 is 13.1. The van der Waals surface area contributed by atoms with Gasteiger partial charge in [0.15, 0.2) is 0 Å². The van der Waals surface area contributed by atoms with Crippen LogP contribution >= 0.6 is 0 Å². The van der Waals surface area contributed by atoms with Crippen molar-refractivity contribution in [3.63, 3.8) is 0 Å². The molecule has 1 saturated carbocycles. The van der Waals surface area contributed by atoms with E-state index in [0.717, 1.165) is 31.2 Å². The molecule has 2 aromatic carbocycles. The van der Waals surface area contributed by atoms with Crippen molar-refractivity contribution < 1.29 is 24.0 Å². The molecular formula is C34H50N2O5S. The number of aliphatic hydroxyl groups excluding tert-OH is 2. The Labute approximate surface area is 254 Å². The minimum Gasteiger partial charge on any atom is -0.390 e. The Bertz CT molecular complexity index is 1110. The summed E-state index contributed by atoms with van der Waals surface area (Å²) in [4.78, 5) is 27.3. The normalized spacial score (nSPS) is 18.4. The van der Waals surface area contributed by atoms with Crippen molar-refractivity contribution >= 4 is 22.6 Å². The first-order valence-corrected chi connectivity index (χ1v) is 16.9. The summed E-state index contributed by atoms with van der Waals surface area (Å²) in [6.45, 7) is 5.86. The van der Waals surface area contributed by atoms with E-state index in [1.54, 1.807) is 19.1 Å². The Morgan fingerprint density at radius 2 is 1.52 bits per heavy atom. The maximum Gasteiger partial charge on any atom is 0.224 e. The molecule has 0 bridgehead atoms. The van der Waals surface area contributed by atoms with Gasteiger partial charge in [0.1, 0.15) is 6.10 Å². The van der Waals surface area contributed by atoms with Crippen LogP contribution in [0.25, 0.3) is 0 Å². The lowest BCUT2D eigenvalue weighted by Crippen LogP contribution is -2.52. The second kappa shape index (κ2) is 17.5. The smallest absolute Gasteiger partial charge is 0.224 e. The van der Waals surface area contributed by atoms with Gasteiger partial charge in [-0.25, -0.2) is 0 Å². The van der Waals surface area contributed by atoms with Crippen LogP contribution in [0.2, 0.25) is 0 Å². The van der Waals surface area contributed by atoms with Crippen LogP contribution in [0.5, 0.6) is 0 Å². The number of benzene rings is 2. The number of nitrogens with one attached hydrogen (secondary N) is 2. The third-order valence-corrected chi connectivity index (χ3v) is 9.75. The molecular weight excluding hydrogens is 548 g/mol. The van der Waals surface area contributed by atoms with Crippen molar-refractivity contribution in [1.29, 1.82) is 0 Å². The average Bonchev–Trinajstić information content (AvgIpc) is 2.99. The average molecular weight is 599 g/mol. The van der Waals surface area contributed by atoms with Crippen LogP contribution in [0.4, 0.5) is 0 Å². The standard InChI is InChI=1S/C34H50N2O5S/c1-24(2)19-31(37)32(38)30(21-27-15-9-5-10-16-27)36-33(39)25(3)22-35-34(40)28(20-26-13-7-4-8-14-26)23-42(41)29-17-11-6-12-18-29/h4,6-8,11-14,17-18,24-25,27-28,30-32,37-38H,5,9-10,15-16,19-23H2,1-3H3,(H,35,40)(H,36,39)/t25-,28-,30+,31+,32-,42?/m1/s1. The van der Waals surface area contributed by atoms with E-state index in [1.807, 2.05) is 62.4 Å². The van der Waals surface area contributed by atoms with E-state index in [2.05, 4.69) is 10.6 Å². The summed E-state index contributed by atoms with van der Waals surface area (Å²) in [6, 6.07) is 18.2. The van der Waals surface area contributed by atoms with Gasteiger partial charge in [-0.15, -0.1) is 0 Å². The highest BCUT2D eigenvalue weighted by atomic mass is 32.2. The molecule has 0 radical (unpaired) electrons. The summed E-state index contributed by atoms with van der Waals surface area (Å²) >= 11 is 0. The number of carbonyl (C=O) groups excluding carboxylic acids is 2. The number of aliphatic hydroxyl groups is 2. The van der Waals surface area contributed by atoms with E-state index < -0.39 is 40.9 Å². The quantitative estimate of drug-likeness (QED) is 0.225. The van der Waals surface area contributed by atoms with Crippen molar-refractivity contribution in [2.45, 2.75) is 95.3 Å². The molecule has 6 atom stereocenters. The van der Waals surface area contributed by atoms with Gasteiger partial charge in [-0.05, 0) is 48.8 Å². The van der Waals surface area contributed by atoms with E-state index >= 15 is 0 Å². The van der Waals surface area contributed by atoms with Crippen LogP contribution < -0.4 is 10.6 Å². The molecule has 0 spiro atoms. The molecule has 0 saturated heterocycles. The van der Waals surface area contributed by atoms with Gasteiger partial charge in [-0.3, -0.25) is 13.8 Å². The van der Waals surface area contributed by atoms with Gasteiger partial charge in [0.05, 0.1) is 34.8 Å². The van der Waals surface area contributed by atoms with Crippen molar-refractivity contribution in [3.05, 3.63) is 66.2 Å². The van der Waals surface area contributed by atoms with Gasteiger partial charge in [0.2, 0.25) is 11.8 Å². The predicted molar refractivity (Wildman–Crippen MR) is 168 cm³/mol. The third-order valence-electron chi connectivity index (χ3n) is 8.24. The van der Waals surface area contributed by atoms with Gasteiger partial charge in [-0.1, -0.05) is 101 Å². The Kier molecular flexibility index (Phi) is 14.2. The van der Waals surface area contributed by atoms with Gasteiger partial charge in [0.25, 0.3) is 0 Å². The number of hydrogen-bond acceptors (Lipinski definition) is 5. The van der Waals surface area contributed by atoms with Gasteiger partial charge >= 0.3 is 0 Å². The first kappa shape index (κ1) is 33.9. The highest BCUT2D eigenvalue weighted by molar-refractivity contribution is 7.85. The van der Waals surface area contributed by atoms with E-state index in [1.165, 1.54) is 6.42 Å². The number of rotatable bonds is 16. The highest BCUT2D eigenvalue weighted by Gasteiger charge is 2.32. The van der Waals surface area contributed by atoms with Crippen molar-refractivity contribution in [3.8, 4) is 0 Å². The first-order valence-electron chi connectivity index (χ1n) is 15.6. The molecule has 1 fully saturated rings. The van der Waals surface area contributed by atoms with E-state index in [9.17, 15) is 24.0 Å². The molecule has 2 aromatic rings. The molecule has 4 N–H and O–H groups in total. The number of hydrogen-bond donors (Lipinski definition) is 4. The SMILES string of the molecule is CC(C)C[C@H](O)[C@H](O)[C@H](CC1CCCCC1)NC(=O)[C@H](C)CNC(=O)[C@H](Cc1ccccc1)CS(=O)c1ccccc1. The van der Waals surface area contributed by atoms with Crippen LogP contribution in [0, 0.1) is 23.7 Å². The van der Waals surface area contributed by atoms with E-state index in [-0.39, 0.29) is 30.0 Å². The lowest BCUT2D eigenvalue weighted by Gasteiger charge is -2.33. The maximum atomic E-state index is 13.4. The van der Waals surface area contributed by atoms with Gasteiger partial charge in [0, 0.05) is 17.2 Å². The number of carbonyl (C=O) groups is 2. The van der Waals surface area contributed by atoms with Crippen LogP contribution in [0.1, 0.15) is 71.3 Å². The Morgan fingerprint density at radius 1 is 0.905 bits per heavy atom. The fourth-order valence-corrected chi connectivity index (χ4v) is 7.04. The second-order valence-corrected chi connectivity index (χ2v) is 13.9. The fraction of sp³-hybridized carbons (Fsp3) is 0.588. The molecule has 0 aromatic heterocycles. The molecule has 42 heavy (non-hydrogen) atoms. The van der Waals surface area contributed by atoms with Crippen LogP contribution in [-0.2, 0) is 26.8 Å². The van der Waals surface area contributed by atoms with Crippen molar-refractivity contribution in [2.75, 3.05) is 12.3 Å². The Morgan fingerprint density at radius 3 is 2.14 bits per heavy atom. The topological polar surface area (TPSA) is 116 Å². The zero-order valence-corrected chi connectivity index (χ0v) is 26.2. The first-order chi connectivity index (χ1) is 20.1. The third kappa shape index (κ3) is 11.3. The Hall–Kier alpha value is -2.55. The molecule has 2 amide bonds. The summed E-state index contributed by atoms with van der Waals surface area (Å²) in [5.74, 6) is -0.785. The molecule has 1 aliphatic carbocycles. The predicted octanol–water partition coefficient (Wildman–Crippen LogP) is 4.63. The summed E-state index contributed by atoms with van der Waals surface area (Å²) in [5.41, 5.74) is 0.980.